The molecule has 1 amide bonds. The van der Waals surface area contributed by atoms with Crippen LogP contribution in [0.25, 0.3) is 22.4 Å². The minimum absolute atomic E-state index is 0.0811. The van der Waals surface area contributed by atoms with E-state index in [9.17, 15) is 4.79 Å². The molecule has 0 atom stereocenters. The molecule has 0 bridgehead atoms. The van der Waals surface area contributed by atoms with E-state index >= 15 is 0 Å². The van der Waals surface area contributed by atoms with Crippen LogP contribution in [0.1, 0.15) is 17.1 Å². The molecule has 4 rings (SSSR count). The molecular formula is C21H20N8O. The highest BCUT2D eigenvalue weighted by atomic mass is 16.2. The van der Waals surface area contributed by atoms with Gasteiger partial charge in [-0.3, -0.25) is 19.4 Å². The fourth-order valence-electron chi connectivity index (χ4n) is 3.26. The Morgan fingerprint density at radius 1 is 1.03 bits per heavy atom. The van der Waals surface area contributed by atoms with Gasteiger partial charge in [0, 0.05) is 41.0 Å². The van der Waals surface area contributed by atoms with Crippen LogP contribution in [0.2, 0.25) is 0 Å². The number of hydrogen-bond donors (Lipinski definition) is 1. The van der Waals surface area contributed by atoms with Crippen molar-refractivity contribution in [2.24, 2.45) is 0 Å². The van der Waals surface area contributed by atoms with Crippen LogP contribution < -0.4 is 5.32 Å². The summed E-state index contributed by atoms with van der Waals surface area (Å²) in [5.74, 6) is 0.249. The Balaban J connectivity index is 1.48. The highest BCUT2D eigenvalue weighted by Gasteiger charge is 2.16. The van der Waals surface area contributed by atoms with E-state index in [4.69, 9.17) is 0 Å². The molecule has 4 aromatic heterocycles. The number of anilines is 1. The first-order valence-electron chi connectivity index (χ1n) is 9.37. The van der Waals surface area contributed by atoms with E-state index in [0.29, 0.717) is 5.82 Å². The summed E-state index contributed by atoms with van der Waals surface area (Å²) in [5.41, 5.74) is 6.00. The smallest absolute Gasteiger partial charge is 0.247 e. The Kier molecular flexibility index (Phi) is 5.25. The van der Waals surface area contributed by atoms with Crippen molar-refractivity contribution in [3.63, 3.8) is 0 Å². The highest BCUT2D eigenvalue weighted by Crippen LogP contribution is 2.26. The van der Waals surface area contributed by atoms with Gasteiger partial charge in [0.2, 0.25) is 5.91 Å². The third-order valence-corrected chi connectivity index (χ3v) is 4.63. The molecule has 1 N–H and O–H groups in total. The van der Waals surface area contributed by atoms with Crippen LogP contribution in [0.5, 0.6) is 0 Å². The molecule has 9 nitrogen and oxygen atoms in total. The zero-order valence-corrected chi connectivity index (χ0v) is 16.9. The van der Waals surface area contributed by atoms with Crippen molar-refractivity contribution in [1.82, 2.24) is 34.9 Å². The molecule has 150 valence electrons. The number of aryl methyl sites for hydroxylation is 2. The Hall–Kier alpha value is -4.01. The first kappa shape index (κ1) is 19.3. The average molecular weight is 400 g/mol. The maximum atomic E-state index is 12.5. The second-order valence-corrected chi connectivity index (χ2v) is 6.86. The van der Waals surface area contributed by atoms with Crippen molar-refractivity contribution in [2.75, 3.05) is 5.32 Å². The summed E-state index contributed by atoms with van der Waals surface area (Å²) in [6.07, 6.45) is 8.26. The van der Waals surface area contributed by atoms with Crippen molar-refractivity contribution in [3.05, 3.63) is 66.3 Å². The van der Waals surface area contributed by atoms with E-state index in [-0.39, 0.29) is 12.5 Å². The van der Waals surface area contributed by atoms with E-state index in [0.717, 1.165) is 39.5 Å². The Bertz CT molecular complexity index is 1190. The van der Waals surface area contributed by atoms with Gasteiger partial charge < -0.3 is 5.32 Å². The average Bonchev–Trinajstić information content (AvgIpc) is 3.02. The van der Waals surface area contributed by atoms with Crippen molar-refractivity contribution < 1.29 is 4.79 Å². The van der Waals surface area contributed by atoms with Gasteiger partial charge in [0.25, 0.3) is 0 Å². The molecule has 4 heterocycles. The van der Waals surface area contributed by atoms with Crippen molar-refractivity contribution in [1.29, 1.82) is 0 Å². The second-order valence-electron chi connectivity index (χ2n) is 6.86. The van der Waals surface area contributed by atoms with Gasteiger partial charge in [0.05, 0.1) is 29.5 Å². The van der Waals surface area contributed by atoms with E-state index < -0.39 is 0 Å². The van der Waals surface area contributed by atoms with Crippen LogP contribution in [0.4, 0.5) is 5.82 Å². The lowest BCUT2D eigenvalue weighted by molar-refractivity contribution is -0.117. The van der Waals surface area contributed by atoms with Crippen molar-refractivity contribution >= 4 is 11.7 Å². The molecular weight excluding hydrogens is 380 g/mol. The second kappa shape index (κ2) is 8.16. The summed E-state index contributed by atoms with van der Waals surface area (Å²) >= 11 is 0. The number of hydrogen-bond acceptors (Lipinski definition) is 7. The van der Waals surface area contributed by atoms with E-state index in [2.05, 4.69) is 35.6 Å². The number of aromatic nitrogens is 7. The minimum Gasteiger partial charge on any atom is -0.309 e. The maximum Gasteiger partial charge on any atom is 0.247 e. The summed E-state index contributed by atoms with van der Waals surface area (Å²) in [5, 5.41) is 15.3. The SMILES string of the molecule is Cc1cc(-c2c(C)nn(CC(=O)Nc3ccc(-c4cnccn4)cn3)c2C)cnn1. The summed E-state index contributed by atoms with van der Waals surface area (Å²) in [6.45, 7) is 5.82. The molecule has 0 saturated carbocycles. The molecule has 0 radical (unpaired) electrons. The van der Waals surface area contributed by atoms with Gasteiger partial charge in [-0.25, -0.2) is 4.98 Å². The summed E-state index contributed by atoms with van der Waals surface area (Å²) in [4.78, 5) is 25.1. The maximum absolute atomic E-state index is 12.5. The Morgan fingerprint density at radius 3 is 2.60 bits per heavy atom. The molecule has 30 heavy (non-hydrogen) atoms. The van der Waals surface area contributed by atoms with Gasteiger partial charge in [-0.1, -0.05) is 0 Å². The molecule has 9 heteroatoms. The number of nitrogens with one attached hydrogen (secondary N) is 1. The standard InChI is InChI=1S/C21H20N8O/c1-13-8-17(10-25-27-13)21-14(2)28-29(15(21)3)12-20(30)26-19-5-4-16(9-24-19)18-11-22-6-7-23-18/h4-11H,12H2,1-3H3,(H,24,26,30). The summed E-state index contributed by atoms with van der Waals surface area (Å²) < 4.78 is 1.68. The van der Waals surface area contributed by atoms with Crippen LogP contribution in [0, 0.1) is 20.8 Å². The Labute approximate surface area is 173 Å². The van der Waals surface area contributed by atoms with Crippen LogP contribution in [0.3, 0.4) is 0 Å². The Morgan fingerprint density at radius 2 is 1.90 bits per heavy atom. The van der Waals surface area contributed by atoms with Crippen LogP contribution in [0.15, 0.2) is 49.2 Å². The molecule has 0 aliphatic heterocycles. The van der Waals surface area contributed by atoms with E-state index in [1.54, 1.807) is 41.7 Å². The number of amides is 1. The normalized spacial score (nSPS) is 10.8. The lowest BCUT2D eigenvalue weighted by Gasteiger charge is -2.08. The van der Waals surface area contributed by atoms with Gasteiger partial charge >= 0.3 is 0 Å². The highest BCUT2D eigenvalue weighted by molar-refractivity contribution is 5.89. The first-order valence-corrected chi connectivity index (χ1v) is 9.37. The lowest BCUT2D eigenvalue weighted by atomic mass is 10.1. The fourth-order valence-corrected chi connectivity index (χ4v) is 3.26. The zero-order valence-electron chi connectivity index (χ0n) is 16.9. The van der Waals surface area contributed by atoms with Crippen molar-refractivity contribution in [2.45, 2.75) is 27.3 Å². The molecule has 0 saturated heterocycles. The van der Waals surface area contributed by atoms with Crippen LogP contribution >= 0.6 is 0 Å². The van der Waals surface area contributed by atoms with Crippen LogP contribution in [-0.4, -0.2) is 40.8 Å². The minimum atomic E-state index is -0.212. The molecule has 0 aliphatic carbocycles. The quantitative estimate of drug-likeness (QED) is 0.548. The predicted molar refractivity (Wildman–Crippen MR) is 111 cm³/mol. The number of carbonyl (C=O) groups excluding carboxylic acids is 1. The number of nitrogens with zero attached hydrogens (tertiary/aromatic N) is 7. The van der Waals surface area contributed by atoms with Gasteiger partial charge in [0.15, 0.2) is 0 Å². The molecule has 0 unspecified atom stereocenters. The fraction of sp³-hybridized carbons (Fsp3) is 0.190. The number of carbonyl (C=O) groups is 1. The monoisotopic (exact) mass is 400 g/mol. The van der Waals surface area contributed by atoms with Gasteiger partial charge in [-0.05, 0) is 39.0 Å². The van der Waals surface area contributed by atoms with E-state index in [1.807, 2.05) is 32.9 Å². The molecule has 0 aromatic carbocycles. The first-order chi connectivity index (χ1) is 14.5. The summed E-state index contributed by atoms with van der Waals surface area (Å²) in [7, 11) is 0. The third kappa shape index (κ3) is 4.04. The lowest BCUT2D eigenvalue weighted by Crippen LogP contribution is -2.20. The van der Waals surface area contributed by atoms with Crippen LogP contribution in [-0.2, 0) is 11.3 Å². The third-order valence-electron chi connectivity index (χ3n) is 4.63. The number of rotatable bonds is 5. The predicted octanol–water partition coefficient (Wildman–Crippen LogP) is 2.76. The zero-order chi connectivity index (χ0) is 21.1. The van der Waals surface area contributed by atoms with Crippen molar-refractivity contribution in [3.8, 4) is 22.4 Å². The summed E-state index contributed by atoms with van der Waals surface area (Å²) in [6, 6.07) is 5.53. The molecule has 0 spiro atoms. The molecule has 0 aliphatic rings. The topological polar surface area (TPSA) is 111 Å². The van der Waals surface area contributed by atoms with Gasteiger partial charge in [-0.15, -0.1) is 0 Å². The van der Waals surface area contributed by atoms with Gasteiger partial charge in [-0.2, -0.15) is 15.3 Å². The largest absolute Gasteiger partial charge is 0.309 e. The number of pyridine rings is 1. The van der Waals surface area contributed by atoms with E-state index in [1.165, 1.54) is 0 Å². The molecule has 4 aromatic rings. The molecule has 0 fully saturated rings. The van der Waals surface area contributed by atoms with Gasteiger partial charge in [0.1, 0.15) is 12.4 Å².